The third kappa shape index (κ3) is 3.68. The maximum Gasteiger partial charge on any atom is 0.219 e. The molecule has 2 rings (SSSR count). The number of aromatic nitrogens is 1. The van der Waals surface area contributed by atoms with E-state index in [0.29, 0.717) is 5.15 Å². The molecule has 0 spiro atoms. The molecule has 0 unspecified atom stereocenters. The molecule has 4 nitrogen and oxygen atoms in total. The lowest BCUT2D eigenvalue weighted by Crippen LogP contribution is -2.33. The quantitative estimate of drug-likeness (QED) is 0.767. The third-order valence-corrected chi connectivity index (χ3v) is 3.45. The summed E-state index contributed by atoms with van der Waals surface area (Å²) in [6.45, 7) is 6.13. The van der Waals surface area contributed by atoms with Crippen molar-refractivity contribution >= 4 is 17.5 Å². The van der Waals surface area contributed by atoms with Crippen molar-refractivity contribution < 1.29 is 4.79 Å². The van der Waals surface area contributed by atoms with Crippen molar-refractivity contribution in [1.82, 2.24) is 14.8 Å². The smallest absolute Gasteiger partial charge is 0.219 e. The number of halogens is 1. The van der Waals surface area contributed by atoms with Crippen molar-refractivity contribution in [2.75, 3.05) is 26.2 Å². The van der Waals surface area contributed by atoms with Gasteiger partial charge in [-0.1, -0.05) is 17.7 Å². The van der Waals surface area contributed by atoms with E-state index in [4.69, 9.17) is 11.6 Å². The standard InChI is InChI=1S/C13H18ClN3O/c1-11(18)17-6-2-5-16(7-8-17)10-12-3-4-13(14)15-9-12/h3-4,9H,2,5-8,10H2,1H3. The molecule has 0 aromatic carbocycles. The van der Waals surface area contributed by atoms with Gasteiger partial charge in [-0.05, 0) is 18.1 Å². The van der Waals surface area contributed by atoms with E-state index >= 15 is 0 Å². The Morgan fingerprint density at radius 1 is 1.33 bits per heavy atom. The summed E-state index contributed by atoms with van der Waals surface area (Å²) >= 11 is 5.77. The van der Waals surface area contributed by atoms with E-state index in [9.17, 15) is 4.79 Å². The van der Waals surface area contributed by atoms with Crippen molar-refractivity contribution in [3.63, 3.8) is 0 Å². The second-order valence-corrected chi connectivity index (χ2v) is 5.01. The number of pyridine rings is 1. The van der Waals surface area contributed by atoms with Crippen LogP contribution >= 0.6 is 11.6 Å². The maximum absolute atomic E-state index is 11.3. The van der Waals surface area contributed by atoms with Crippen LogP contribution in [0.1, 0.15) is 18.9 Å². The fourth-order valence-electron chi connectivity index (χ4n) is 2.20. The molecule has 1 fully saturated rings. The SMILES string of the molecule is CC(=O)N1CCCN(Cc2ccc(Cl)nc2)CC1. The van der Waals surface area contributed by atoms with Crippen LogP contribution in [0.2, 0.25) is 5.15 Å². The predicted octanol–water partition coefficient (Wildman–Crippen LogP) is 1.79. The van der Waals surface area contributed by atoms with Gasteiger partial charge in [0.05, 0.1) is 0 Å². The van der Waals surface area contributed by atoms with Gasteiger partial charge in [-0.15, -0.1) is 0 Å². The molecule has 1 saturated heterocycles. The Morgan fingerprint density at radius 2 is 2.17 bits per heavy atom. The summed E-state index contributed by atoms with van der Waals surface area (Å²) < 4.78 is 0. The van der Waals surface area contributed by atoms with E-state index < -0.39 is 0 Å². The highest BCUT2D eigenvalue weighted by Gasteiger charge is 2.16. The number of nitrogens with zero attached hydrogens (tertiary/aromatic N) is 3. The maximum atomic E-state index is 11.3. The first-order chi connectivity index (χ1) is 8.65. The van der Waals surface area contributed by atoms with Crippen LogP contribution in [0, 0.1) is 0 Å². The summed E-state index contributed by atoms with van der Waals surface area (Å²) in [6.07, 6.45) is 2.84. The monoisotopic (exact) mass is 267 g/mol. The Morgan fingerprint density at radius 3 is 2.83 bits per heavy atom. The fourth-order valence-corrected chi connectivity index (χ4v) is 2.31. The van der Waals surface area contributed by atoms with Crippen LogP contribution in [0.5, 0.6) is 0 Å². The second-order valence-electron chi connectivity index (χ2n) is 4.62. The highest BCUT2D eigenvalue weighted by atomic mass is 35.5. The minimum atomic E-state index is 0.171. The van der Waals surface area contributed by atoms with Crippen LogP contribution in [-0.2, 0) is 11.3 Å². The van der Waals surface area contributed by atoms with Gasteiger partial charge in [-0.25, -0.2) is 4.98 Å². The number of carbonyl (C=O) groups is 1. The summed E-state index contributed by atoms with van der Waals surface area (Å²) in [6, 6.07) is 3.82. The minimum Gasteiger partial charge on any atom is -0.342 e. The van der Waals surface area contributed by atoms with Crippen molar-refractivity contribution in [3.8, 4) is 0 Å². The molecule has 1 amide bonds. The van der Waals surface area contributed by atoms with Gasteiger partial charge in [-0.2, -0.15) is 0 Å². The Kier molecular flexibility index (Phi) is 4.55. The van der Waals surface area contributed by atoms with E-state index in [-0.39, 0.29) is 5.91 Å². The van der Waals surface area contributed by atoms with Crippen LogP contribution in [-0.4, -0.2) is 46.9 Å². The average Bonchev–Trinajstić information content (AvgIpc) is 2.58. The molecule has 1 aromatic rings. The molecular weight excluding hydrogens is 250 g/mol. The number of carbonyl (C=O) groups excluding carboxylic acids is 1. The van der Waals surface area contributed by atoms with Gasteiger partial charge in [0.2, 0.25) is 5.91 Å². The summed E-state index contributed by atoms with van der Waals surface area (Å²) in [5.74, 6) is 0.171. The lowest BCUT2D eigenvalue weighted by atomic mass is 10.2. The van der Waals surface area contributed by atoms with E-state index in [1.165, 1.54) is 0 Å². The minimum absolute atomic E-state index is 0.171. The molecule has 1 aromatic heterocycles. The molecule has 5 heteroatoms. The molecule has 0 atom stereocenters. The first-order valence-electron chi connectivity index (χ1n) is 6.23. The zero-order valence-corrected chi connectivity index (χ0v) is 11.4. The molecule has 2 heterocycles. The fraction of sp³-hybridized carbons (Fsp3) is 0.538. The van der Waals surface area contributed by atoms with Gasteiger partial charge in [0, 0.05) is 45.8 Å². The molecule has 0 saturated carbocycles. The highest BCUT2D eigenvalue weighted by Crippen LogP contribution is 2.10. The highest BCUT2D eigenvalue weighted by molar-refractivity contribution is 6.29. The molecular formula is C13H18ClN3O. The van der Waals surface area contributed by atoms with Crippen molar-refractivity contribution in [3.05, 3.63) is 29.0 Å². The molecule has 0 aliphatic carbocycles. The number of amides is 1. The van der Waals surface area contributed by atoms with Gasteiger partial charge in [0.25, 0.3) is 0 Å². The van der Waals surface area contributed by atoms with Gasteiger partial charge in [0.1, 0.15) is 5.15 Å². The van der Waals surface area contributed by atoms with Crippen LogP contribution < -0.4 is 0 Å². The van der Waals surface area contributed by atoms with E-state index in [1.54, 1.807) is 6.92 Å². The zero-order chi connectivity index (χ0) is 13.0. The number of hydrogen-bond acceptors (Lipinski definition) is 3. The summed E-state index contributed by atoms with van der Waals surface area (Å²) in [4.78, 5) is 19.7. The van der Waals surface area contributed by atoms with Crippen LogP contribution in [0.15, 0.2) is 18.3 Å². The predicted molar refractivity (Wildman–Crippen MR) is 71.4 cm³/mol. The van der Waals surface area contributed by atoms with E-state index in [0.717, 1.165) is 44.7 Å². The lowest BCUT2D eigenvalue weighted by Gasteiger charge is -2.20. The van der Waals surface area contributed by atoms with Crippen molar-refractivity contribution in [2.45, 2.75) is 19.9 Å². The van der Waals surface area contributed by atoms with Crippen LogP contribution in [0.25, 0.3) is 0 Å². The second kappa shape index (κ2) is 6.16. The largest absolute Gasteiger partial charge is 0.342 e. The molecule has 98 valence electrons. The van der Waals surface area contributed by atoms with Gasteiger partial charge < -0.3 is 4.90 Å². The number of hydrogen-bond donors (Lipinski definition) is 0. The Hall–Kier alpha value is -1.13. The van der Waals surface area contributed by atoms with Gasteiger partial charge >= 0.3 is 0 Å². The van der Waals surface area contributed by atoms with Crippen LogP contribution in [0.4, 0.5) is 0 Å². The molecule has 1 aliphatic rings. The van der Waals surface area contributed by atoms with Gasteiger partial charge in [-0.3, -0.25) is 9.69 Å². The molecule has 0 bridgehead atoms. The average molecular weight is 268 g/mol. The molecule has 1 aliphatic heterocycles. The summed E-state index contributed by atoms with van der Waals surface area (Å²) in [5, 5.41) is 0.525. The Balaban J connectivity index is 1.90. The first kappa shape index (κ1) is 13.3. The third-order valence-electron chi connectivity index (χ3n) is 3.23. The lowest BCUT2D eigenvalue weighted by molar-refractivity contribution is -0.128. The topological polar surface area (TPSA) is 36.4 Å². The van der Waals surface area contributed by atoms with E-state index in [1.807, 2.05) is 23.2 Å². The summed E-state index contributed by atoms with van der Waals surface area (Å²) in [7, 11) is 0. The van der Waals surface area contributed by atoms with Crippen LogP contribution in [0.3, 0.4) is 0 Å². The molecule has 18 heavy (non-hydrogen) atoms. The molecule has 0 N–H and O–H groups in total. The van der Waals surface area contributed by atoms with Crippen molar-refractivity contribution in [1.29, 1.82) is 0 Å². The Labute approximate surface area is 113 Å². The normalized spacial score (nSPS) is 17.6. The zero-order valence-electron chi connectivity index (χ0n) is 10.6. The van der Waals surface area contributed by atoms with Gasteiger partial charge in [0.15, 0.2) is 0 Å². The molecule has 0 radical (unpaired) electrons. The van der Waals surface area contributed by atoms with E-state index in [2.05, 4.69) is 9.88 Å². The summed E-state index contributed by atoms with van der Waals surface area (Å²) in [5.41, 5.74) is 1.16. The van der Waals surface area contributed by atoms with Crippen molar-refractivity contribution in [2.24, 2.45) is 0 Å². The number of rotatable bonds is 2. The first-order valence-corrected chi connectivity index (χ1v) is 6.61. The Bertz CT molecular complexity index is 407.